The van der Waals surface area contributed by atoms with Crippen LogP contribution in [0, 0.1) is 17.1 Å². The Morgan fingerprint density at radius 3 is 2.48 bits per heavy atom. The Morgan fingerprint density at radius 1 is 1.07 bits per heavy atom. The molecule has 0 spiro atoms. The second-order valence-corrected chi connectivity index (χ2v) is 6.54. The normalized spacial score (nSPS) is 11.1. The molecule has 0 radical (unpaired) electrons. The number of nitriles is 1. The lowest BCUT2D eigenvalue weighted by Gasteiger charge is -2.11. The Morgan fingerprint density at radius 2 is 1.79 bits per heavy atom. The zero-order valence-electron chi connectivity index (χ0n) is 15.8. The van der Waals surface area contributed by atoms with Crippen molar-refractivity contribution in [3.8, 4) is 23.1 Å². The molecule has 0 atom stereocenters. The first-order chi connectivity index (χ1) is 14.1. The minimum absolute atomic E-state index is 0.313. The molecule has 0 aliphatic heterocycles. The van der Waals surface area contributed by atoms with E-state index >= 15 is 0 Å². The van der Waals surface area contributed by atoms with Gasteiger partial charge in [-0.15, -0.1) is 10.2 Å². The average Bonchev–Trinajstić information content (AvgIpc) is 3.15. The molecule has 0 saturated heterocycles. The number of benzene rings is 2. The van der Waals surface area contributed by atoms with Crippen LogP contribution in [0.5, 0.6) is 0 Å². The van der Waals surface area contributed by atoms with Crippen molar-refractivity contribution in [1.82, 2.24) is 24.9 Å². The standard InChI is InChI=1S/C21H16FN7/c1-28(2)13-24-20-15(11-23)12-25-29(20)21-18-6-4-3-5-17(18)19(26-27-21)14-7-9-16(22)10-8-14/h3-10,12-13H,1-2H3. The molecule has 0 bridgehead atoms. The van der Waals surface area contributed by atoms with E-state index in [4.69, 9.17) is 0 Å². The number of aliphatic imine (C=N–C) groups is 1. The van der Waals surface area contributed by atoms with Crippen LogP contribution in [0.15, 0.2) is 59.7 Å². The molecule has 0 saturated carbocycles. The summed E-state index contributed by atoms with van der Waals surface area (Å²) in [6, 6.07) is 15.8. The SMILES string of the molecule is CN(C)C=Nc1c(C#N)cnn1-c1nnc(-c2ccc(F)cc2)c2ccccc12. The Labute approximate surface area is 166 Å². The third kappa shape index (κ3) is 3.41. The highest BCUT2D eigenvalue weighted by molar-refractivity contribution is 5.98. The van der Waals surface area contributed by atoms with Crippen LogP contribution in [0.1, 0.15) is 5.56 Å². The van der Waals surface area contributed by atoms with Crippen molar-refractivity contribution >= 4 is 22.9 Å². The van der Waals surface area contributed by atoms with E-state index in [2.05, 4.69) is 26.4 Å². The Balaban J connectivity index is 1.94. The summed E-state index contributed by atoms with van der Waals surface area (Å²) in [6.07, 6.45) is 3.05. The zero-order chi connectivity index (χ0) is 20.4. The van der Waals surface area contributed by atoms with Gasteiger partial charge in [0.25, 0.3) is 0 Å². The van der Waals surface area contributed by atoms with E-state index in [1.807, 2.05) is 38.4 Å². The number of aromatic nitrogens is 4. The molecule has 2 aromatic carbocycles. The Bertz CT molecular complexity index is 1250. The molecule has 8 heteroatoms. The summed E-state index contributed by atoms with van der Waals surface area (Å²) < 4.78 is 14.8. The van der Waals surface area contributed by atoms with Crippen LogP contribution >= 0.6 is 0 Å². The number of fused-ring (bicyclic) bond motifs is 1. The summed E-state index contributed by atoms with van der Waals surface area (Å²) in [6.45, 7) is 0. The van der Waals surface area contributed by atoms with E-state index in [1.54, 1.807) is 23.4 Å². The lowest BCUT2D eigenvalue weighted by molar-refractivity contribution is 0.628. The molecule has 142 valence electrons. The third-order valence-corrected chi connectivity index (χ3v) is 4.26. The van der Waals surface area contributed by atoms with Gasteiger partial charge in [-0.2, -0.15) is 15.0 Å². The molecule has 4 rings (SSSR count). The summed E-state index contributed by atoms with van der Waals surface area (Å²) in [7, 11) is 3.67. The van der Waals surface area contributed by atoms with Crippen molar-refractivity contribution in [2.75, 3.05) is 14.1 Å². The van der Waals surface area contributed by atoms with Gasteiger partial charge in [-0.1, -0.05) is 24.3 Å². The maximum Gasteiger partial charge on any atom is 0.185 e. The largest absolute Gasteiger partial charge is 0.369 e. The molecular weight excluding hydrogens is 369 g/mol. The predicted octanol–water partition coefficient (Wildman–Crippen LogP) is 3.71. The van der Waals surface area contributed by atoms with E-state index in [1.165, 1.54) is 23.0 Å². The van der Waals surface area contributed by atoms with Gasteiger partial charge in [0.05, 0.1) is 12.5 Å². The first-order valence-electron chi connectivity index (χ1n) is 8.79. The smallest absolute Gasteiger partial charge is 0.185 e. The van der Waals surface area contributed by atoms with Gasteiger partial charge in [-0.25, -0.2) is 9.38 Å². The second kappa shape index (κ2) is 7.48. The summed E-state index contributed by atoms with van der Waals surface area (Å²) >= 11 is 0. The van der Waals surface area contributed by atoms with Crippen LogP contribution in [0.2, 0.25) is 0 Å². The second-order valence-electron chi connectivity index (χ2n) is 6.54. The lowest BCUT2D eigenvalue weighted by atomic mass is 10.0. The van der Waals surface area contributed by atoms with Crippen LogP contribution in [-0.4, -0.2) is 45.3 Å². The summed E-state index contributed by atoms with van der Waals surface area (Å²) in [4.78, 5) is 6.14. The van der Waals surface area contributed by atoms with Gasteiger partial charge in [-0.3, -0.25) is 0 Å². The average molecular weight is 385 g/mol. The number of hydrogen-bond acceptors (Lipinski definition) is 5. The Hall–Kier alpha value is -4.12. The van der Waals surface area contributed by atoms with Crippen LogP contribution in [0.25, 0.3) is 27.8 Å². The predicted molar refractivity (Wildman–Crippen MR) is 109 cm³/mol. The summed E-state index contributed by atoms with van der Waals surface area (Å²) in [5, 5.41) is 24.1. The fraction of sp³-hybridized carbons (Fsp3) is 0.0952. The molecule has 0 aliphatic rings. The van der Waals surface area contributed by atoms with Gasteiger partial charge in [-0.05, 0) is 24.3 Å². The highest BCUT2D eigenvalue weighted by Crippen LogP contribution is 2.31. The maximum absolute atomic E-state index is 13.3. The van der Waals surface area contributed by atoms with Crippen molar-refractivity contribution < 1.29 is 4.39 Å². The fourth-order valence-electron chi connectivity index (χ4n) is 2.94. The van der Waals surface area contributed by atoms with E-state index in [0.29, 0.717) is 22.9 Å². The van der Waals surface area contributed by atoms with Gasteiger partial charge < -0.3 is 4.90 Å². The molecule has 2 aromatic heterocycles. The van der Waals surface area contributed by atoms with Gasteiger partial charge in [0.2, 0.25) is 0 Å². The highest BCUT2D eigenvalue weighted by atomic mass is 19.1. The van der Waals surface area contributed by atoms with Crippen LogP contribution in [-0.2, 0) is 0 Å². The van der Waals surface area contributed by atoms with Crippen LogP contribution in [0.3, 0.4) is 0 Å². The number of nitrogens with zero attached hydrogens (tertiary/aromatic N) is 7. The Kier molecular flexibility index (Phi) is 4.71. The lowest BCUT2D eigenvalue weighted by Crippen LogP contribution is -2.08. The molecule has 0 aliphatic carbocycles. The highest BCUT2D eigenvalue weighted by Gasteiger charge is 2.17. The number of halogens is 1. The van der Waals surface area contributed by atoms with Gasteiger partial charge in [0, 0.05) is 30.4 Å². The molecule has 0 N–H and O–H groups in total. The first-order valence-corrected chi connectivity index (χ1v) is 8.79. The van der Waals surface area contributed by atoms with Gasteiger partial charge >= 0.3 is 0 Å². The topological polar surface area (TPSA) is 83.0 Å². The van der Waals surface area contributed by atoms with E-state index in [9.17, 15) is 9.65 Å². The monoisotopic (exact) mass is 385 g/mol. The zero-order valence-corrected chi connectivity index (χ0v) is 15.8. The summed E-state index contributed by atoms with van der Waals surface area (Å²) in [5.41, 5.74) is 1.72. The maximum atomic E-state index is 13.3. The molecule has 29 heavy (non-hydrogen) atoms. The van der Waals surface area contributed by atoms with E-state index in [0.717, 1.165) is 16.3 Å². The van der Waals surface area contributed by atoms with Crippen LogP contribution < -0.4 is 0 Å². The van der Waals surface area contributed by atoms with Gasteiger partial charge in [0.1, 0.15) is 23.1 Å². The van der Waals surface area contributed by atoms with Crippen molar-refractivity contribution in [2.45, 2.75) is 0 Å². The number of hydrogen-bond donors (Lipinski definition) is 0. The number of rotatable bonds is 4. The van der Waals surface area contributed by atoms with Crippen molar-refractivity contribution in [3.63, 3.8) is 0 Å². The van der Waals surface area contributed by atoms with Crippen molar-refractivity contribution in [3.05, 3.63) is 66.1 Å². The fourth-order valence-corrected chi connectivity index (χ4v) is 2.94. The van der Waals surface area contributed by atoms with Crippen LogP contribution in [0.4, 0.5) is 10.2 Å². The molecule has 0 amide bonds. The third-order valence-electron chi connectivity index (χ3n) is 4.26. The minimum Gasteiger partial charge on any atom is -0.369 e. The van der Waals surface area contributed by atoms with Crippen molar-refractivity contribution in [1.29, 1.82) is 5.26 Å². The first kappa shape index (κ1) is 18.3. The van der Waals surface area contributed by atoms with Crippen molar-refractivity contribution in [2.24, 2.45) is 4.99 Å². The quantitative estimate of drug-likeness (QED) is 0.395. The molecular formula is C21H16FN7. The minimum atomic E-state index is -0.313. The van der Waals surface area contributed by atoms with E-state index in [-0.39, 0.29) is 5.82 Å². The molecule has 0 unspecified atom stereocenters. The molecule has 2 heterocycles. The molecule has 0 fully saturated rings. The van der Waals surface area contributed by atoms with Gasteiger partial charge in [0.15, 0.2) is 11.6 Å². The molecule has 4 aromatic rings. The van der Waals surface area contributed by atoms with E-state index < -0.39 is 0 Å². The molecule has 7 nitrogen and oxygen atoms in total. The summed E-state index contributed by atoms with van der Waals surface area (Å²) in [5.74, 6) is 0.514.